The van der Waals surface area contributed by atoms with Crippen molar-refractivity contribution in [3.63, 3.8) is 0 Å². The van der Waals surface area contributed by atoms with E-state index in [0.717, 1.165) is 5.56 Å². The van der Waals surface area contributed by atoms with Gasteiger partial charge in [0.1, 0.15) is 0 Å². The molecule has 2 aromatic rings. The zero-order valence-electron chi connectivity index (χ0n) is 9.81. The molecule has 0 aliphatic heterocycles. The predicted octanol–water partition coefficient (Wildman–Crippen LogP) is 2.65. The third-order valence-electron chi connectivity index (χ3n) is 2.57. The maximum atomic E-state index is 11.3. The van der Waals surface area contributed by atoms with Gasteiger partial charge < -0.3 is 4.55 Å². The molecule has 0 spiro atoms. The van der Waals surface area contributed by atoms with E-state index in [0.29, 0.717) is 22.0 Å². The highest BCUT2D eigenvalue weighted by Gasteiger charge is 2.14. The lowest BCUT2D eigenvalue weighted by atomic mass is 10.0. The molecule has 0 fully saturated rings. The van der Waals surface area contributed by atoms with Crippen molar-refractivity contribution in [3.8, 4) is 11.1 Å². The van der Waals surface area contributed by atoms with Crippen LogP contribution in [0.5, 0.6) is 0 Å². The molecule has 0 aliphatic rings. The minimum atomic E-state index is -2.35. The van der Waals surface area contributed by atoms with Gasteiger partial charge in [-0.2, -0.15) is 10.2 Å². The molecule has 0 aliphatic carbocycles. The largest absolute Gasteiger partial charge is 0.768 e. The normalized spacial score (nSPS) is 12.4. The molecule has 1 heterocycles. The predicted molar refractivity (Wildman–Crippen MR) is 69.1 cm³/mol. The van der Waals surface area contributed by atoms with Crippen LogP contribution in [0.15, 0.2) is 29.2 Å². The molecule has 2 rings (SSSR count). The Morgan fingerprint density at radius 3 is 2.22 bits per heavy atom. The zero-order chi connectivity index (χ0) is 13.3. The third kappa shape index (κ3) is 2.43. The molecule has 0 radical (unpaired) electrons. The molecule has 0 amide bonds. The lowest BCUT2D eigenvalue weighted by Gasteiger charge is -2.15. The quantitative estimate of drug-likeness (QED) is 0.794. The van der Waals surface area contributed by atoms with Gasteiger partial charge in [0.2, 0.25) is 0 Å². The topological polar surface area (TPSA) is 65.9 Å². The van der Waals surface area contributed by atoms with Gasteiger partial charge in [-0.15, -0.1) is 0 Å². The van der Waals surface area contributed by atoms with Crippen LogP contribution in [0.4, 0.5) is 0 Å². The summed E-state index contributed by atoms with van der Waals surface area (Å²) in [5.41, 5.74) is 2.29. The molecule has 0 saturated heterocycles. The molecule has 1 unspecified atom stereocenters. The van der Waals surface area contributed by atoms with Gasteiger partial charge in [0.15, 0.2) is 0 Å². The summed E-state index contributed by atoms with van der Waals surface area (Å²) in [5, 5.41) is 8.40. The van der Waals surface area contributed by atoms with E-state index in [1.165, 1.54) is 0 Å². The molecular weight excluding hydrogens is 272 g/mol. The third-order valence-corrected chi connectivity index (χ3v) is 3.65. The highest BCUT2D eigenvalue weighted by atomic mass is 35.5. The standard InChI is InChI=1S/C12H11ClN2O2S/c1-7-11(9-3-5-10(13)6-4-9)12(18(16)17)8(2)15-14-7/h3-6H,1-2H3,(H,16,17)/p-1. The van der Waals surface area contributed by atoms with Crippen molar-refractivity contribution in [2.75, 3.05) is 0 Å². The molecule has 18 heavy (non-hydrogen) atoms. The Kier molecular flexibility index (Phi) is 3.75. The van der Waals surface area contributed by atoms with Crippen LogP contribution in [0.25, 0.3) is 11.1 Å². The maximum absolute atomic E-state index is 11.3. The van der Waals surface area contributed by atoms with Gasteiger partial charge >= 0.3 is 0 Å². The van der Waals surface area contributed by atoms with E-state index in [2.05, 4.69) is 10.2 Å². The van der Waals surface area contributed by atoms with Crippen LogP contribution in [0, 0.1) is 13.8 Å². The van der Waals surface area contributed by atoms with Gasteiger partial charge in [0.25, 0.3) is 0 Å². The van der Waals surface area contributed by atoms with E-state index in [1.807, 2.05) is 0 Å². The zero-order valence-corrected chi connectivity index (χ0v) is 11.4. The molecule has 0 bridgehead atoms. The second-order valence-corrected chi connectivity index (χ2v) is 5.13. The lowest BCUT2D eigenvalue weighted by Crippen LogP contribution is -2.04. The van der Waals surface area contributed by atoms with E-state index in [1.54, 1.807) is 38.1 Å². The highest BCUT2D eigenvalue weighted by Crippen LogP contribution is 2.30. The van der Waals surface area contributed by atoms with Crippen LogP contribution in [0.2, 0.25) is 5.02 Å². The SMILES string of the molecule is Cc1nnc(C)c(S(=O)[O-])c1-c1ccc(Cl)cc1. The second kappa shape index (κ2) is 5.14. The molecule has 6 heteroatoms. The fourth-order valence-corrected chi connectivity index (χ4v) is 2.59. The van der Waals surface area contributed by atoms with E-state index < -0.39 is 11.1 Å². The van der Waals surface area contributed by atoms with Crippen molar-refractivity contribution < 1.29 is 8.76 Å². The van der Waals surface area contributed by atoms with Crippen LogP contribution in [0.3, 0.4) is 0 Å². The summed E-state index contributed by atoms with van der Waals surface area (Å²) >= 11 is 3.47. The molecule has 4 nitrogen and oxygen atoms in total. The summed E-state index contributed by atoms with van der Waals surface area (Å²) in [4.78, 5) is 0.185. The summed E-state index contributed by atoms with van der Waals surface area (Å²) in [6.45, 7) is 3.35. The fraction of sp³-hybridized carbons (Fsp3) is 0.167. The first-order chi connectivity index (χ1) is 8.50. The van der Waals surface area contributed by atoms with E-state index in [4.69, 9.17) is 11.6 Å². The lowest BCUT2D eigenvalue weighted by molar-refractivity contribution is 0.535. The van der Waals surface area contributed by atoms with Gasteiger partial charge in [0, 0.05) is 10.6 Å². The number of rotatable bonds is 2. The van der Waals surface area contributed by atoms with Gasteiger partial charge in [-0.25, -0.2) is 0 Å². The smallest absolute Gasteiger partial charge is 0.0756 e. The summed E-state index contributed by atoms with van der Waals surface area (Å²) in [6, 6.07) is 6.96. The van der Waals surface area contributed by atoms with Crippen molar-refractivity contribution in [1.82, 2.24) is 10.2 Å². The Bertz CT molecular complexity index is 614. The molecule has 0 saturated carbocycles. The Morgan fingerprint density at radius 2 is 1.67 bits per heavy atom. The first-order valence-electron chi connectivity index (χ1n) is 5.20. The molecule has 0 N–H and O–H groups in total. The number of nitrogens with zero attached hydrogens (tertiary/aromatic N) is 2. The van der Waals surface area contributed by atoms with Gasteiger partial charge in [-0.3, -0.25) is 4.21 Å². The molecule has 1 aromatic heterocycles. The number of aryl methyl sites for hydroxylation is 2. The molecule has 94 valence electrons. The fourth-order valence-electron chi connectivity index (χ4n) is 1.75. The summed E-state index contributed by atoms with van der Waals surface area (Å²) in [7, 11) is 0. The molecule has 1 aromatic carbocycles. The Balaban J connectivity index is 2.73. The van der Waals surface area contributed by atoms with E-state index in [-0.39, 0.29) is 4.90 Å². The number of benzene rings is 1. The first-order valence-corrected chi connectivity index (χ1v) is 6.65. The Morgan fingerprint density at radius 1 is 1.11 bits per heavy atom. The van der Waals surface area contributed by atoms with Crippen molar-refractivity contribution in [2.24, 2.45) is 0 Å². The average Bonchev–Trinajstić information content (AvgIpc) is 2.32. The van der Waals surface area contributed by atoms with E-state index >= 15 is 0 Å². The van der Waals surface area contributed by atoms with Crippen LogP contribution in [-0.4, -0.2) is 19.0 Å². The van der Waals surface area contributed by atoms with Crippen molar-refractivity contribution in [2.45, 2.75) is 18.7 Å². The minimum absolute atomic E-state index is 0.185. The van der Waals surface area contributed by atoms with Crippen LogP contribution in [0.1, 0.15) is 11.4 Å². The number of hydrogen-bond acceptors (Lipinski definition) is 4. The van der Waals surface area contributed by atoms with Crippen molar-refractivity contribution >= 4 is 22.7 Å². The average molecular weight is 282 g/mol. The monoisotopic (exact) mass is 281 g/mol. The Hall–Kier alpha value is -1.30. The van der Waals surface area contributed by atoms with Gasteiger partial charge in [0.05, 0.1) is 16.3 Å². The minimum Gasteiger partial charge on any atom is -0.768 e. The number of halogens is 1. The van der Waals surface area contributed by atoms with Crippen LogP contribution >= 0.6 is 11.6 Å². The summed E-state index contributed by atoms with van der Waals surface area (Å²) < 4.78 is 22.7. The summed E-state index contributed by atoms with van der Waals surface area (Å²) in [6.07, 6.45) is 0. The number of aromatic nitrogens is 2. The highest BCUT2D eigenvalue weighted by molar-refractivity contribution is 7.79. The van der Waals surface area contributed by atoms with Crippen molar-refractivity contribution in [3.05, 3.63) is 40.7 Å². The second-order valence-electron chi connectivity index (χ2n) is 3.82. The van der Waals surface area contributed by atoms with Gasteiger partial charge in [-0.1, -0.05) is 23.7 Å². The molecular formula is C12H10ClN2O2S-. The maximum Gasteiger partial charge on any atom is 0.0756 e. The van der Waals surface area contributed by atoms with Crippen LogP contribution < -0.4 is 0 Å². The summed E-state index contributed by atoms with van der Waals surface area (Å²) in [5.74, 6) is 0. The number of hydrogen-bond donors (Lipinski definition) is 0. The van der Waals surface area contributed by atoms with Crippen molar-refractivity contribution in [1.29, 1.82) is 0 Å². The Labute approximate surface area is 112 Å². The first kappa shape index (κ1) is 13.1. The van der Waals surface area contributed by atoms with E-state index in [9.17, 15) is 8.76 Å². The van der Waals surface area contributed by atoms with Crippen LogP contribution in [-0.2, 0) is 11.1 Å². The molecule has 1 atom stereocenters. The van der Waals surface area contributed by atoms with Gasteiger partial charge in [-0.05, 0) is 42.6 Å².